The quantitative estimate of drug-likeness (QED) is 0.567. The van der Waals surface area contributed by atoms with Crippen LogP contribution < -0.4 is 10.1 Å². The summed E-state index contributed by atoms with van der Waals surface area (Å²) in [5, 5.41) is 2.96. The van der Waals surface area contributed by atoms with Gasteiger partial charge in [0.25, 0.3) is 0 Å². The zero-order valence-electron chi connectivity index (χ0n) is 20.4. The zero-order chi connectivity index (χ0) is 26.3. The molecule has 1 fully saturated rings. The van der Waals surface area contributed by atoms with E-state index in [0.717, 1.165) is 17.7 Å². The van der Waals surface area contributed by atoms with Crippen LogP contribution in [0.25, 0.3) is 0 Å². The first-order valence-corrected chi connectivity index (χ1v) is 13.9. The van der Waals surface area contributed by atoms with Gasteiger partial charge in [-0.05, 0) is 62.9 Å². The van der Waals surface area contributed by atoms with Gasteiger partial charge in [-0.3, -0.25) is 4.79 Å². The third-order valence-corrected chi connectivity index (χ3v) is 10.4. The average molecular weight is 542 g/mol. The summed E-state index contributed by atoms with van der Waals surface area (Å²) < 4.78 is 66.4. The fraction of sp³-hybridized carbons (Fsp3) is 0.500. The van der Waals surface area contributed by atoms with Crippen molar-refractivity contribution in [2.45, 2.75) is 49.4 Å². The molecule has 0 spiro atoms. The lowest BCUT2D eigenvalue weighted by atomic mass is 9.60. The van der Waals surface area contributed by atoms with E-state index >= 15 is 4.39 Å². The molecule has 4 rings (SSSR count). The van der Waals surface area contributed by atoms with Gasteiger partial charge in [-0.1, -0.05) is 23.7 Å². The third kappa shape index (κ3) is 4.61. The predicted molar refractivity (Wildman–Crippen MR) is 133 cm³/mol. The second kappa shape index (κ2) is 9.91. The molecule has 2 aromatic rings. The van der Waals surface area contributed by atoms with Crippen LogP contribution in [-0.2, 0) is 31.2 Å². The van der Waals surface area contributed by atoms with Crippen molar-refractivity contribution in [1.82, 2.24) is 5.32 Å². The second-order valence-corrected chi connectivity index (χ2v) is 13.1. The van der Waals surface area contributed by atoms with Crippen LogP contribution in [0.5, 0.6) is 5.75 Å². The summed E-state index contributed by atoms with van der Waals surface area (Å²) in [4.78, 5) is 12.2. The number of sulfone groups is 1. The van der Waals surface area contributed by atoms with Crippen LogP contribution in [0, 0.1) is 17.6 Å². The number of fused-ring (bicyclic) bond motifs is 3. The molecule has 1 N–H and O–H groups in total. The fourth-order valence-corrected chi connectivity index (χ4v) is 7.03. The number of benzene rings is 2. The third-order valence-electron chi connectivity index (χ3n) is 7.66. The zero-order valence-corrected chi connectivity index (χ0v) is 22.0. The normalized spacial score (nSPS) is 23.8. The highest BCUT2D eigenvalue weighted by Crippen LogP contribution is 2.53. The smallest absolute Gasteiger partial charge is 0.240 e. The van der Waals surface area contributed by atoms with Gasteiger partial charge < -0.3 is 14.8 Å². The summed E-state index contributed by atoms with van der Waals surface area (Å²) in [5.41, 5.74) is 0.168. The Morgan fingerprint density at radius 3 is 2.50 bits per heavy atom. The summed E-state index contributed by atoms with van der Waals surface area (Å²) in [6, 6.07) is 9.34. The van der Waals surface area contributed by atoms with Crippen molar-refractivity contribution in [2.75, 3.05) is 26.0 Å². The highest BCUT2D eigenvalue weighted by atomic mass is 35.5. The molecule has 2 heterocycles. The number of hydrogen-bond acceptors (Lipinski definition) is 5. The molecule has 3 atom stereocenters. The van der Waals surface area contributed by atoms with Crippen LogP contribution in [0.1, 0.15) is 37.8 Å². The highest BCUT2D eigenvalue weighted by molar-refractivity contribution is 7.93. The van der Waals surface area contributed by atoms with E-state index in [1.807, 2.05) is 12.1 Å². The molecule has 2 aliphatic rings. The van der Waals surface area contributed by atoms with Crippen LogP contribution in [0.15, 0.2) is 36.4 Å². The van der Waals surface area contributed by atoms with E-state index in [1.165, 1.54) is 20.9 Å². The monoisotopic (exact) mass is 541 g/mol. The Labute approximate surface area is 215 Å². The lowest BCUT2D eigenvalue weighted by Gasteiger charge is -2.51. The van der Waals surface area contributed by atoms with Crippen molar-refractivity contribution in [2.24, 2.45) is 5.92 Å². The molecule has 2 aliphatic heterocycles. The Hall–Kier alpha value is -2.23. The molecule has 0 radical (unpaired) electrons. The summed E-state index contributed by atoms with van der Waals surface area (Å²) in [6.45, 7) is 3.02. The molecule has 6 nitrogen and oxygen atoms in total. The highest BCUT2D eigenvalue weighted by Gasteiger charge is 2.54. The van der Waals surface area contributed by atoms with Crippen LogP contribution in [-0.4, -0.2) is 51.2 Å². The molecule has 0 unspecified atom stereocenters. The van der Waals surface area contributed by atoms with Crippen molar-refractivity contribution in [3.05, 3.63) is 64.2 Å². The largest absolute Gasteiger partial charge is 0.490 e. The van der Waals surface area contributed by atoms with E-state index < -0.39 is 49.6 Å². The van der Waals surface area contributed by atoms with Crippen molar-refractivity contribution in [3.63, 3.8) is 0 Å². The number of rotatable bonds is 7. The van der Waals surface area contributed by atoms with Crippen molar-refractivity contribution in [3.8, 4) is 5.75 Å². The minimum atomic E-state index is -3.85. The molecule has 196 valence electrons. The summed E-state index contributed by atoms with van der Waals surface area (Å²) >= 11 is 6.06. The van der Waals surface area contributed by atoms with Gasteiger partial charge >= 0.3 is 0 Å². The van der Waals surface area contributed by atoms with E-state index in [-0.39, 0.29) is 36.7 Å². The van der Waals surface area contributed by atoms with Gasteiger partial charge in [-0.25, -0.2) is 17.2 Å². The Kier molecular flexibility index (Phi) is 7.38. The van der Waals surface area contributed by atoms with Crippen molar-refractivity contribution in [1.29, 1.82) is 0 Å². The number of amides is 1. The molecule has 0 aliphatic carbocycles. The molecule has 0 aromatic heterocycles. The topological polar surface area (TPSA) is 81.7 Å². The lowest BCUT2D eigenvalue weighted by molar-refractivity contribution is -0.122. The Bertz CT molecular complexity index is 1250. The van der Waals surface area contributed by atoms with E-state index in [1.54, 1.807) is 12.1 Å². The fourth-order valence-electron chi connectivity index (χ4n) is 5.47. The Morgan fingerprint density at radius 2 is 1.83 bits per heavy atom. The van der Waals surface area contributed by atoms with Gasteiger partial charge in [0.2, 0.25) is 5.91 Å². The maximum Gasteiger partial charge on any atom is 0.240 e. The van der Waals surface area contributed by atoms with Crippen LogP contribution >= 0.6 is 11.6 Å². The van der Waals surface area contributed by atoms with Gasteiger partial charge in [0.15, 0.2) is 21.4 Å². The number of carbonyl (C=O) groups is 1. The minimum absolute atomic E-state index is 0.0461. The summed E-state index contributed by atoms with van der Waals surface area (Å²) in [6.07, 6.45) is 0.272. The maximum atomic E-state index is 15.4. The van der Waals surface area contributed by atoms with Gasteiger partial charge in [-0.15, -0.1) is 0 Å². The van der Waals surface area contributed by atoms with Crippen LogP contribution in [0.3, 0.4) is 0 Å². The van der Waals surface area contributed by atoms with Crippen molar-refractivity contribution < 1.29 is 31.5 Å². The first-order valence-electron chi connectivity index (χ1n) is 11.8. The van der Waals surface area contributed by atoms with Crippen LogP contribution in [0.4, 0.5) is 8.78 Å². The summed E-state index contributed by atoms with van der Waals surface area (Å²) in [7, 11) is -2.46. The average Bonchev–Trinajstić information content (AvgIpc) is 2.85. The minimum Gasteiger partial charge on any atom is -0.490 e. The molecular weight excluding hydrogens is 512 g/mol. The lowest BCUT2D eigenvalue weighted by Crippen LogP contribution is -2.55. The Morgan fingerprint density at radius 1 is 1.17 bits per heavy atom. The molecule has 0 saturated carbocycles. The van der Waals surface area contributed by atoms with Crippen LogP contribution in [0.2, 0.25) is 5.02 Å². The number of nitrogens with one attached hydrogen (secondary N) is 1. The van der Waals surface area contributed by atoms with Gasteiger partial charge in [0, 0.05) is 35.6 Å². The molecule has 1 saturated heterocycles. The van der Waals surface area contributed by atoms with Gasteiger partial charge in [0.1, 0.15) is 10.6 Å². The van der Waals surface area contributed by atoms with Crippen molar-refractivity contribution >= 4 is 27.3 Å². The molecule has 0 bridgehead atoms. The number of ether oxygens (including phenoxy) is 2. The predicted octanol–water partition coefficient (Wildman–Crippen LogP) is 4.23. The van der Waals surface area contributed by atoms with E-state index in [2.05, 4.69) is 5.32 Å². The number of carbonyl (C=O) groups excluding carboxylic acids is 1. The molecule has 10 heteroatoms. The first kappa shape index (κ1) is 26.8. The summed E-state index contributed by atoms with van der Waals surface area (Å²) in [5.74, 6) is -2.66. The first-order chi connectivity index (χ1) is 16.9. The van der Waals surface area contributed by atoms with E-state index in [0.29, 0.717) is 17.9 Å². The molecule has 36 heavy (non-hydrogen) atoms. The number of halogens is 3. The Balaban J connectivity index is 1.72. The van der Waals surface area contributed by atoms with E-state index in [4.69, 9.17) is 21.1 Å². The van der Waals surface area contributed by atoms with Gasteiger partial charge in [0.05, 0.1) is 18.5 Å². The van der Waals surface area contributed by atoms with Gasteiger partial charge in [-0.2, -0.15) is 0 Å². The molecular formula is C26H30ClF2NO5S. The van der Waals surface area contributed by atoms with E-state index in [9.17, 15) is 17.6 Å². The molecule has 2 aromatic carbocycles. The number of hydrogen-bond donors (Lipinski definition) is 1. The molecule has 1 amide bonds. The SMILES string of the molecule is CNC(=O)C(C)(C)S(=O)(=O)CC[C@@H]1OCC[C@@]2(Cc3ccc(Cl)cc3)c3c(F)ccc(F)c3OC[C@@H]12. The maximum absolute atomic E-state index is 15.4. The second-order valence-electron chi connectivity index (χ2n) is 9.97. The standard InChI is InChI=1S/C26H30ClF2NO5S/c1-25(2,24(31)30-3)36(32,33)13-10-21-18-15-35-23-20(29)9-8-19(28)22(23)26(18,11-12-34-21)14-16-4-6-17(27)7-5-16/h4-9,18,21H,10-15H2,1-3H3,(H,30,31)/t18-,21-,26-/m0/s1.